The van der Waals surface area contributed by atoms with E-state index in [2.05, 4.69) is 25.3 Å². The fourth-order valence-electron chi connectivity index (χ4n) is 2.08. The Bertz CT molecular complexity index is 832. The van der Waals surface area contributed by atoms with E-state index < -0.39 is 11.0 Å². The Hall–Kier alpha value is -3.10. The van der Waals surface area contributed by atoms with Crippen LogP contribution in [-0.2, 0) is 0 Å². The third-order valence-electron chi connectivity index (χ3n) is 3.22. The molecule has 0 aliphatic heterocycles. The molecule has 0 aliphatic carbocycles. The van der Waals surface area contributed by atoms with Gasteiger partial charge in [0.2, 0.25) is 0 Å². The fourth-order valence-corrected chi connectivity index (χ4v) is 2.08. The number of imidazole rings is 1. The number of hydrogen-bond acceptors (Lipinski definition) is 6. The zero-order valence-corrected chi connectivity index (χ0v) is 11.4. The average molecular weight is 302 g/mol. The van der Waals surface area contributed by atoms with E-state index in [-0.39, 0.29) is 23.2 Å². The Balaban J connectivity index is 1.87. The first-order valence-corrected chi connectivity index (χ1v) is 6.42. The minimum absolute atomic E-state index is 0.0139. The smallest absolute Gasteiger partial charge is 0.312 e. The van der Waals surface area contributed by atoms with Crippen molar-refractivity contribution >= 4 is 22.7 Å². The summed E-state index contributed by atoms with van der Waals surface area (Å²) in [5, 5.41) is 13.7. The molecule has 112 valence electrons. The lowest BCUT2D eigenvalue weighted by atomic mass is 10.1. The summed E-state index contributed by atoms with van der Waals surface area (Å²) >= 11 is 0. The lowest BCUT2D eigenvalue weighted by molar-refractivity contribution is -0.384. The van der Waals surface area contributed by atoms with Crippen molar-refractivity contribution in [3.8, 4) is 0 Å². The molecule has 8 nitrogen and oxygen atoms in total. The van der Waals surface area contributed by atoms with Crippen LogP contribution < -0.4 is 5.32 Å². The second kappa shape index (κ2) is 5.35. The first-order chi connectivity index (χ1) is 10.5. The maximum Gasteiger partial charge on any atom is 0.312 e. The van der Waals surface area contributed by atoms with Crippen molar-refractivity contribution in [2.45, 2.75) is 13.0 Å². The van der Waals surface area contributed by atoms with Gasteiger partial charge in [0, 0.05) is 12.1 Å². The number of halogens is 1. The Morgan fingerprint density at radius 2 is 2.05 bits per heavy atom. The number of fused-ring (bicyclic) bond motifs is 1. The lowest BCUT2D eigenvalue weighted by Gasteiger charge is -2.15. The van der Waals surface area contributed by atoms with Crippen LogP contribution in [0.2, 0.25) is 0 Å². The fraction of sp³-hybridized carbons (Fsp3) is 0.154. The maximum absolute atomic E-state index is 13.4. The van der Waals surface area contributed by atoms with Crippen LogP contribution in [0.4, 0.5) is 15.9 Å². The highest BCUT2D eigenvalue weighted by molar-refractivity contribution is 5.82. The molecular formula is C13H11FN6O2. The molecule has 0 saturated carbocycles. The molecule has 0 fully saturated rings. The van der Waals surface area contributed by atoms with Gasteiger partial charge in [0.15, 0.2) is 11.5 Å². The van der Waals surface area contributed by atoms with E-state index in [0.29, 0.717) is 5.52 Å². The summed E-state index contributed by atoms with van der Waals surface area (Å²) in [5.41, 5.74) is 1.54. The third kappa shape index (κ3) is 2.55. The number of nitro groups is 1. The second-order valence-electron chi connectivity index (χ2n) is 4.66. The molecule has 2 N–H and O–H groups in total. The molecule has 2 aromatic heterocycles. The predicted molar refractivity (Wildman–Crippen MR) is 76.8 cm³/mol. The Kier molecular flexibility index (Phi) is 3.37. The van der Waals surface area contributed by atoms with E-state index in [1.54, 1.807) is 12.1 Å². The first-order valence-electron chi connectivity index (χ1n) is 6.42. The second-order valence-corrected chi connectivity index (χ2v) is 4.66. The van der Waals surface area contributed by atoms with Gasteiger partial charge < -0.3 is 10.3 Å². The highest BCUT2D eigenvalue weighted by Crippen LogP contribution is 2.24. The van der Waals surface area contributed by atoms with Crippen molar-refractivity contribution in [1.29, 1.82) is 0 Å². The normalized spacial score (nSPS) is 12.3. The van der Waals surface area contributed by atoms with E-state index in [9.17, 15) is 14.5 Å². The minimum Gasteiger partial charge on any atom is -0.362 e. The SMILES string of the molecule is CC(Nc1nc(F)nc2nc[nH]c12)c1ccc([N+](=O)[O-])cc1. The minimum atomic E-state index is -0.877. The van der Waals surface area contributed by atoms with Crippen molar-refractivity contribution in [1.82, 2.24) is 19.9 Å². The summed E-state index contributed by atoms with van der Waals surface area (Å²) in [7, 11) is 0. The summed E-state index contributed by atoms with van der Waals surface area (Å²) in [5.74, 6) is 0.283. The van der Waals surface area contributed by atoms with Crippen LogP contribution >= 0.6 is 0 Å². The number of hydrogen-bond donors (Lipinski definition) is 2. The van der Waals surface area contributed by atoms with Gasteiger partial charge in [-0.15, -0.1) is 0 Å². The number of anilines is 1. The van der Waals surface area contributed by atoms with Gasteiger partial charge in [0.25, 0.3) is 5.69 Å². The summed E-state index contributed by atoms with van der Waals surface area (Å²) in [6, 6.07) is 5.87. The molecule has 1 unspecified atom stereocenters. The zero-order chi connectivity index (χ0) is 15.7. The quantitative estimate of drug-likeness (QED) is 0.435. The van der Waals surface area contributed by atoms with Gasteiger partial charge in [-0.2, -0.15) is 14.4 Å². The monoisotopic (exact) mass is 302 g/mol. The number of aromatic nitrogens is 4. The van der Waals surface area contributed by atoms with E-state index in [4.69, 9.17) is 0 Å². The molecule has 0 radical (unpaired) electrons. The molecule has 0 spiro atoms. The topological polar surface area (TPSA) is 110 Å². The molecule has 22 heavy (non-hydrogen) atoms. The number of H-pyrrole nitrogens is 1. The van der Waals surface area contributed by atoms with E-state index >= 15 is 0 Å². The molecule has 0 bridgehead atoms. The molecule has 1 atom stereocenters. The van der Waals surface area contributed by atoms with E-state index in [1.165, 1.54) is 18.5 Å². The highest BCUT2D eigenvalue weighted by Gasteiger charge is 2.14. The molecule has 9 heteroatoms. The van der Waals surface area contributed by atoms with Gasteiger partial charge in [-0.05, 0) is 12.5 Å². The number of benzene rings is 1. The van der Waals surface area contributed by atoms with Crippen molar-refractivity contribution in [2.24, 2.45) is 0 Å². The Morgan fingerprint density at radius 1 is 1.32 bits per heavy atom. The Morgan fingerprint density at radius 3 is 2.73 bits per heavy atom. The van der Waals surface area contributed by atoms with Crippen LogP contribution in [0.5, 0.6) is 0 Å². The van der Waals surface area contributed by atoms with Gasteiger partial charge in [0.1, 0.15) is 5.52 Å². The van der Waals surface area contributed by atoms with Crippen LogP contribution in [-0.4, -0.2) is 24.9 Å². The number of nitrogens with one attached hydrogen (secondary N) is 2. The van der Waals surface area contributed by atoms with Crippen LogP contribution in [0.15, 0.2) is 30.6 Å². The summed E-state index contributed by atoms with van der Waals surface area (Å²) in [6.45, 7) is 1.84. The molecule has 0 amide bonds. The van der Waals surface area contributed by atoms with Gasteiger partial charge in [0.05, 0.1) is 17.3 Å². The zero-order valence-electron chi connectivity index (χ0n) is 11.4. The summed E-state index contributed by atoms with van der Waals surface area (Å²) in [6.07, 6.45) is 0.526. The Labute approximate surface area is 123 Å². The lowest BCUT2D eigenvalue weighted by Crippen LogP contribution is -2.10. The van der Waals surface area contributed by atoms with Crippen molar-refractivity contribution in [3.63, 3.8) is 0 Å². The molecular weight excluding hydrogens is 291 g/mol. The number of aromatic amines is 1. The van der Waals surface area contributed by atoms with Gasteiger partial charge >= 0.3 is 6.08 Å². The van der Waals surface area contributed by atoms with Crippen LogP contribution in [0.25, 0.3) is 11.2 Å². The molecule has 1 aromatic carbocycles. The van der Waals surface area contributed by atoms with E-state index in [0.717, 1.165) is 5.56 Å². The standard InChI is InChI=1S/C13H11FN6O2/c1-7(8-2-4-9(5-3-8)20(21)22)17-12-10-11(16-6-15-10)18-13(14)19-12/h2-7H,1H3,(H2,15,16,17,18,19). The van der Waals surface area contributed by atoms with Gasteiger partial charge in [-0.1, -0.05) is 12.1 Å². The van der Waals surface area contributed by atoms with Crippen molar-refractivity contribution < 1.29 is 9.31 Å². The summed E-state index contributed by atoms with van der Waals surface area (Å²) < 4.78 is 13.4. The van der Waals surface area contributed by atoms with Crippen LogP contribution in [0.1, 0.15) is 18.5 Å². The molecule has 3 aromatic rings. The number of rotatable bonds is 4. The summed E-state index contributed by atoms with van der Waals surface area (Å²) in [4.78, 5) is 24.2. The van der Waals surface area contributed by atoms with Crippen molar-refractivity contribution in [3.05, 3.63) is 52.3 Å². The highest BCUT2D eigenvalue weighted by atomic mass is 19.1. The predicted octanol–water partition coefficient (Wildman–Crippen LogP) is 2.57. The molecule has 0 aliphatic rings. The average Bonchev–Trinajstić information content (AvgIpc) is 2.95. The van der Waals surface area contributed by atoms with Crippen LogP contribution in [0.3, 0.4) is 0 Å². The first kappa shape index (κ1) is 13.9. The van der Waals surface area contributed by atoms with Crippen molar-refractivity contribution in [2.75, 3.05) is 5.32 Å². The molecule has 3 rings (SSSR count). The largest absolute Gasteiger partial charge is 0.362 e. The van der Waals surface area contributed by atoms with Crippen LogP contribution in [0, 0.1) is 16.2 Å². The molecule has 0 saturated heterocycles. The third-order valence-corrected chi connectivity index (χ3v) is 3.22. The maximum atomic E-state index is 13.4. The van der Waals surface area contributed by atoms with Gasteiger partial charge in [-0.25, -0.2) is 4.98 Å². The van der Waals surface area contributed by atoms with Gasteiger partial charge in [-0.3, -0.25) is 10.1 Å². The number of nitro benzene ring substituents is 1. The van der Waals surface area contributed by atoms with E-state index in [1.807, 2.05) is 6.92 Å². The molecule has 2 heterocycles. The number of non-ortho nitro benzene ring substituents is 1. The number of nitrogens with zero attached hydrogens (tertiary/aromatic N) is 4.